The molecule has 0 radical (unpaired) electrons. The van der Waals surface area contributed by atoms with Gasteiger partial charge in [0, 0.05) is 6.04 Å². The minimum absolute atomic E-state index is 0.0310. The van der Waals surface area contributed by atoms with Crippen molar-refractivity contribution in [3.8, 4) is 0 Å². The molecule has 1 unspecified atom stereocenters. The first-order valence-corrected chi connectivity index (χ1v) is 7.75. The molecular weight excluding hydrogens is 258 g/mol. The standard InChI is InChI=1S/C19H25NO/c1-3-7-16-10-12-17(13-11-16)15(2)20-19(14-21)18-8-5-4-6-9-18/h4-6,8-13,15,19-21H,3,7,14H2,1-2H3/t15?,19-/m1/s1. The Bertz CT molecular complexity index is 521. The first-order chi connectivity index (χ1) is 10.2. The van der Waals surface area contributed by atoms with E-state index in [0.29, 0.717) is 0 Å². The lowest BCUT2D eigenvalue weighted by atomic mass is 10.0. The lowest BCUT2D eigenvalue weighted by molar-refractivity contribution is 0.235. The van der Waals surface area contributed by atoms with Gasteiger partial charge in [0.1, 0.15) is 0 Å². The van der Waals surface area contributed by atoms with Crippen LogP contribution in [-0.2, 0) is 6.42 Å². The van der Waals surface area contributed by atoms with Crippen LogP contribution in [0, 0.1) is 0 Å². The van der Waals surface area contributed by atoms with Crippen molar-refractivity contribution in [1.29, 1.82) is 0 Å². The van der Waals surface area contributed by atoms with Crippen LogP contribution in [0.1, 0.15) is 49.0 Å². The highest BCUT2D eigenvalue weighted by atomic mass is 16.3. The topological polar surface area (TPSA) is 32.3 Å². The molecule has 2 N–H and O–H groups in total. The van der Waals surface area contributed by atoms with E-state index in [1.807, 2.05) is 30.3 Å². The number of aryl methyl sites for hydroxylation is 1. The molecule has 0 aliphatic carbocycles. The van der Waals surface area contributed by atoms with Crippen molar-refractivity contribution < 1.29 is 5.11 Å². The summed E-state index contributed by atoms with van der Waals surface area (Å²) >= 11 is 0. The van der Waals surface area contributed by atoms with Crippen molar-refractivity contribution in [2.45, 2.75) is 38.8 Å². The van der Waals surface area contributed by atoms with Crippen LogP contribution >= 0.6 is 0 Å². The number of aliphatic hydroxyl groups excluding tert-OH is 1. The van der Waals surface area contributed by atoms with E-state index in [0.717, 1.165) is 12.0 Å². The lowest BCUT2D eigenvalue weighted by Crippen LogP contribution is -2.27. The van der Waals surface area contributed by atoms with E-state index in [9.17, 15) is 5.11 Å². The van der Waals surface area contributed by atoms with Crippen LogP contribution in [0.2, 0.25) is 0 Å². The molecule has 0 aliphatic heterocycles. The van der Waals surface area contributed by atoms with Crippen molar-refractivity contribution >= 4 is 0 Å². The maximum atomic E-state index is 9.63. The lowest BCUT2D eigenvalue weighted by Gasteiger charge is -2.22. The Morgan fingerprint density at radius 3 is 2.19 bits per heavy atom. The summed E-state index contributed by atoms with van der Waals surface area (Å²) in [6.45, 7) is 4.44. The maximum Gasteiger partial charge on any atom is 0.0626 e. The number of benzene rings is 2. The van der Waals surface area contributed by atoms with Crippen molar-refractivity contribution in [3.05, 3.63) is 71.3 Å². The van der Waals surface area contributed by atoms with Crippen molar-refractivity contribution in [1.82, 2.24) is 5.32 Å². The molecule has 0 fully saturated rings. The molecule has 0 saturated heterocycles. The van der Waals surface area contributed by atoms with Crippen LogP contribution in [0.4, 0.5) is 0 Å². The minimum atomic E-state index is -0.0310. The van der Waals surface area contributed by atoms with Crippen molar-refractivity contribution in [2.75, 3.05) is 6.61 Å². The van der Waals surface area contributed by atoms with Crippen LogP contribution in [0.15, 0.2) is 54.6 Å². The largest absolute Gasteiger partial charge is 0.394 e. The summed E-state index contributed by atoms with van der Waals surface area (Å²) < 4.78 is 0. The Hall–Kier alpha value is -1.64. The predicted octanol–water partition coefficient (Wildman–Crippen LogP) is 4.02. The summed E-state index contributed by atoms with van der Waals surface area (Å²) in [5.41, 5.74) is 3.76. The molecule has 2 aromatic carbocycles. The zero-order chi connectivity index (χ0) is 15.1. The summed E-state index contributed by atoms with van der Waals surface area (Å²) in [7, 11) is 0. The van der Waals surface area contributed by atoms with Gasteiger partial charge in [-0.1, -0.05) is 67.9 Å². The Morgan fingerprint density at radius 2 is 1.62 bits per heavy atom. The highest BCUT2D eigenvalue weighted by Crippen LogP contribution is 2.20. The number of hydrogen-bond acceptors (Lipinski definition) is 2. The summed E-state index contributed by atoms with van der Waals surface area (Å²) in [6, 6.07) is 19.0. The SMILES string of the molecule is CCCc1ccc(C(C)N[C@H](CO)c2ccccc2)cc1. The fourth-order valence-corrected chi connectivity index (χ4v) is 2.60. The molecule has 21 heavy (non-hydrogen) atoms. The van der Waals surface area contributed by atoms with Crippen LogP contribution in [-0.4, -0.2) is 11.7 Å². The molecule has 0 spiro atoms. The normalized spacial score (nSPS) is 13.9. The third-order valence-electron chi connectivity index (χ3n) is 3.85. The van der Waals surface area contributed by atoms with Crippen LogP contribution in [0.5, 0.6) is 0 Å². The van der Waals surface area contributed by atoms with Gasteiger partial charge in [-0.05, 0) is 30.0 Å². The van der Waals surface area contributed by atoms with E-state index in [-0.39, 0.29) is 18.7 Å². The zero-order valence-electron chi connectivity index (χ0n) is 12.9. The van der Waals surface area contributed by atoms with Gasteiger partial charge >= 0.3 is 0 Å². The second-order valence-corrected chi connectivity index (χ2v) is 5.53. The molecule has 2 nitrogen and oxygen atoms in total. The molecular formula is C19H25NO. The van der Waals surface area contributed by atoms with Gasteiger partial charge in [-0.3, -0.25) is 0 Å². The third kappa shape index (κ3) is 4.42. The average molecular weight is 283 g/mol. The summed E-state index contributed by atoms with van der Waals surface area (Å²) in [4.78, 5) is 0. The van der Waals surface area contributed by atoms with Crippen LogP contribution < -0.4 is 5.32 Å². The van der Waals surface area contributed by atoms with Crippen molar-refractivity contribution in [2.24, 2.45) is 0 Å². The van der Waals surface area contributed by atoms with Gasteiger partial charge in [0.15, 0.2) is 0 Å². The van der Waals surface area contributed by atoms with Gasteiger partial charge in [0.2, 0.25) is 0 Å². The third-order valence-corrected chi connectivity index (χ3v) is 3.85. The first kappa shape index (κ1) is 15.7. The molecule has 2 heteroatoms. The Labute approximate surface area is 127 Å². The minimum Gasteiger partial charge on any atom is -0.394 e. The first-order valence-electron chi connectivity index (χ1n) is 7.75. The Kier molecular flexibility index (Phi) is 5.97. The highest BCUT2D eigenvalue weighted by molar-refractivity contribution is 5.26. The van der Waals surface area contributed by atoms with E-state index in [1.165, 1.54) is 17.5 Å². The second-order valence-electron chi connectivity index (χ2n) is 5.53. The van der Waals surface area contributed by atoms with Gasteiger partial charge in [-0.2, -0.15) is 0 Å². The summed E-state index contributed by atoms with van der Waals surface area (Å²) in [5, 5.41) is 13.1. The fourth-order valence-electron chi connectivity index (χ4n) is 2.60. The monoisotopic (exact) mass is 283 g/mol. The molecule has 2 aromatic rings. The summed E-state index contributed by atoms with van der Waals surface area (Å²) in [6.07, 6.45) is 2.30. The second kappa shape index (κ2) is 7.96. The van der Waals surface area contributed by atoms with Crippen LogP contribution in [0.3, 0.4) is 0 Å². The Balaban J connectivity index is 2.03. The average Bonchev–Trinajstić information content (AvgIpc) is 2.54. The van der Waals surface area contributed by atoms with Gasteiger partial charge in [-0.15, -0.1) is 0 Å². The fraction of sp³-hybridized carbons (Fsp3) is 0.368. The molecule has 0 bridgehead atoms. The number of rotatable bonds is 7. The molecule has 112 valence electrons. The molecule has 2 atom stereocenters. The van der Waals surface area contributed by atoms with E-state index in [1.54, 1.807) is 0 Å². The highest BCUT2D eigenvalue weighted by Gasteiger charge is 2.14. The quantitative estimate of drug-likeness (QED) is 0.804. The molecule has 2 rings (SSSR count). The predicted molar refractivity (Wildman–Crippen MR) is 88.3 cm³/mol. The Morgan fingerprint density at radius 1 is 0.952 bits per heavy atom. The van der Waals surface area contributed by atoms with E-state index < -0.39 is 0 Å². The number of aliphatic hydroxyl groups is 1. The van der Waals surface area contributed by atoms with Crippen LogP contribution in [0.25, 0.3) is 0 Å². The van der Waals surface area contributed by atoms with Gasteiger partial charge in [-0.25, -0.2) is 0 Å². The maximum absolute atomic E-state index is 9.63. The number of nitrogens with one attached hydrogen (secondary N) is 1. The molecule has 0 heterocycles. The molecule has 0 amide bonds. The van der Waals surface area contributed by atoms with Crippen molar-refractivity contribution in [3.63, 3.8) is 0 Å². The van der Waals surface area contributed by atoms with Gasteiger partial charge < -0.3 is 10.4 Å². The number of hydrogen-bond donors (Lipinski definition) is 2. The summed E-state index contributed by atoms with van der Waals surface area (Å²) in [5.74, 6) is 0. The molecule has 0 saturated carbocycles. The molecule has 0 aromatic heterocycles. The van der Waals surface area contributed by atoms with E-state index in [2.05, 4.69) is 43.4 Å². The van der Waals surface area contributed by atoms with Gasteiger partial charge in [0.25, 0.3) is 0 Å². The zero-order valence-corrected chi connectivity index (χ0v) is 12.9. The van der Waals surface area contributed by atoms with Gasteiger partial charge in [0.05, 0.1) is 12.6 Å². The smallest absolute Gasteiger partial charge is 0.0626 e. The van der Waals surface area contributed by atoms with E-state index in [4.69, 9.17) is 0 Å². The molecule has 0 aliphatic rings. The van der Waals surface area contributed by atoms with E-state index >= 15 is 0 Å².